The SMILES string of the molecule is C#CCCCC(N)C(CC)(CC)N1CCCC1. The summed E-state index contributed by atoms with van der Waals surface area (Å²) in [6.45, 7) is 7.01. The fourth-order valence-electron chi connectivity index (χ4n) is 3.31. The molecule has 0 amide bonds. The van der Waals surface area contributed by atoms with E-state index in [1.54, 1.807) is 0 Å². The number of hydrogen-bond acceptors (Lipinski definition) is 2. The van der Waals surface area contributed by atoms with Crippen LogP contribution in [0.4, 0.5) is 0 Å². The predicted molar refractivity (Wildman–Crippen MR) is 74.8 cm³/mol. The standard InChI is InChI=1S/C15H28N2/c1-4-7-8-11-14(16)15(5-2,6-3)17-12-9-10-13-17/h1,14H,5-13,16H2,2-3H3. The van der Waals surface area contributed by atoms with Crippen molar-refractivity contribution in [1.29, 1.82) is 0 Å². The van der Waals surface area contributed by atoms with E-state index in [1.807, 2.05) is 0 Å². The van der Waals surface area contributed by atoms with Crippen LogP contribution in [0.3, 0.4) is 0 Å². The molecule has 0 saturated carbocycles. The Balaban J connectivity index is 2.65. The van der Waals surface area contributed by atoms with Crippen LogP contribution in [0.1, 0.15) is 58.8 Å². The van der Waals surface area contributed by atoms with Gasteiger partial charge in [0.05, 0.1) is 0 Å². The molecule has 0 spiro atoms. The first-order chi connectivity index (χ1) is 8.21. The Morgan fingerprint density at radius 3 is 2.35 bits per heavy atom. The Hall–Kier alpha value is -0.520. The highest BCUT2D eigenvalue weighted by Crippen LogP contribution is 2.32. The molecule has 2 heteroatoms. The van der Waals surface area contributed by atoms with Gasteiger partial charge >= 0.3 is 0 Å². The minimum Gasteiger partial charge on any atom is -0.326 e. The molecule has 1 aliphatic heterocycles. The average Bonchev–Trinajstić information content (AvgIpc) is 2.86. The van der Waals surface area contributed by atoms with E-state index in [9.17, 15) is 0 Å². The maximum Gasteiger partial charge on any atom is 0.0355 e. The molecule has 2 N–H and O–H groups in total. The summed E-state index contributed by atoms with van der Waals surface area (Å²) < 4.78 is 0. The van der Waals surface area contributed by atoms with Crippen LogP contribution in [0.2, 0.25) is 0 Å². The van der Waals surface area contributed by atoms with E-state index >= 15 is 0 Å². The molecule has 0 aliphatic carbocycles. The molecule has 0 aromatic carbocycles. The summed E-state index contributed by atoms with van der Waals surface area (Å²) >= 11 is 0. The zero-order valence-corrected chi connectivity index (χ0v) is 11.5. The van der Waals surface area contributed by atoms with Gasteiger partial charge in [0.2, 0.25) is 0 Å². The van der Waals surface area contributed by atoms with Gasteiger partial charge in [-0.1, -0.05) is 13.8 Å². The molecule has 1 rings (SSSR count). The predicted octanol–water partition coefficient (Wildman–Crippen LogP) is 2.77. The molecule has 1 unspecified atom stereocenters. The van der Waals surface area contributed by atoms with Crippen LogP contribution in [0.5, 0.6) is 0 Å². The van der Waals surface area contributed by atoms with Crippen molar-refractivity contribution in [3.63, 3.8) is 0 Å². The molecular formula is C15H28N2. The van der Waals surface area contributed by atoms with E-state index in [2.05, 4.69) is 24.7 Å². The summed E-state index contributed by atoms with van der Waals surface area (Å²) in [6.07, 6.45) is 13.3. The Kier molecular flexibility index (Phi) is 6.02. The number of rotatable bonds is 7. The second kappa shape index (κ2) is 7.03. The van der Waals surface area contributed by atoms with E-state index in [0.29, 0.717) is 0 Å². The van der Waals surface area contributed by atoms with Crippen LogP contribution in [-0.4, -0.2) is 29.6 Å². The molecule has 0 radical (unpaired) electrons. The van der Waals surface area contributed by atoms with Gasteiger partial charge in [0.25, 0.3) is 0 Å². The zero-order valence-electron chi connectivity index (χ0n) is 11.5. The van der Waals surface area contributed by atoms with Crippen molar-refractivity contribution < 1.29 is 0 Å². The van der Waals surface area contributed by atoms with Gasteiger partial charge in [-0.15, -0.1) is 12.3 Å². The lowest BCUT2D eigenvalue weighted by molar-refractivity contribution is 0.0731. The lowest BCUT2D eigenvalue weighted by Gasteiger charge is -2.45. The van der Waals surface area contributed by atoms with Gasteiger partial charge in [-0.2, -0.15) is 0 Å². The smallest absolute Gasteiger partial charge is 0.0355 e. The van der Waals surface area contributed by atoms with Gasteiger partial charge < -0.3 is 5.73 Å². The molecule has 0 bridgehead atoms. The Labute approximate surface area is 107 Å². The summed E-state index contributed by atoms with van der Waals surface area (Å²) in [5.74, 6) is 2.71. The number of terminal acetylenes is 1. The van der Waals surface area contributed by atoms with Gasteiger partial charge in [0.1, 0.15) is 0 Å². The average molecular weight is 236 g/mol. The molecule has 1 saturated heterocycles. The third kappa shape index (κ3) is 3.24. The van der Waals surface area contributed by atoms with E-state index in [4.69, 9.17) is 12.2 Å². The van der Waals surface area contributed by atoms with Crippen LogP contribution in [0, 0.1) is 12.3 Å². The Morgan fingerprint density at radius 2 is 1.88 bits per heavy atom. The molecule has 1 fully saturated rings. The minimum atomic E-state index is 0.213. The first-order valence-electron chi connectivity index (χ1n) is 7.15. The summed E-state index contributed by atoms with van der Waals surface area (Å²) in [7, 11) is 0. The maximum atomic E-state index is 6.48. The first kappa shape index (κ1) is 14.5. The first-order valence-corrected chi connectivity index (χ1v) is 7.15. The molecule has 98 valence electrons. The van der Waals surface area contributed by atoms with E-state index in [-0.39, 0.29) is 11.6 Å². The number of nitrogens with two attached hydrogens (primary N) is 1. The van der Waals surface area contributed by atoms with Crippen molar-refractivity contribution in [2.75, 3.05) is 13.1 Å². The van der Waals surface area contributed by atoms with E-state index in [0.717, 1.165) is 32.1 Å². The number of nitrogens with zero attached hydrogens (tertiary/aromatic N) is 1. The lowest BCUT2D eigenvalue weighted by Crippen LogP contribution is -2.58. The molecule has 1 aliphatic rings. The topological polar surface area (TPSA) is 29.3 Å². The van der Waals surface area contributed by atoms with Crippen LogP contribution < -0.4 is 5.73 Å². The van der Waals surface area contributed by atoms with E-state index < -0.39 is 0 Å². The fraction of sp³-hybridized carbons (Fsp3) is 0.867. The largest absolute Gasteiger partial charge is 0.326 e. The number of likely N-dealkylation sites (tertiary alicyclic amines) is 1. The lowest BCUT2D eigenvalue weighted by atomic mass is 9.81. The van der Waals surface area contributed by atoms with Gasteiger partial charge in [-0.05, 0) is 51.6 Å². The quantitative estimate of drug-likeness (QED) is 0.544. The molecular weight excluding hydrogens is 208 g/mol. The Bertz CT molecular complexity index is 244. The molecule has 17 heavy (non-hydrogen) atoms. The normalized spacial score (nSPS) is 19.2. The summed E-state index contributed by atoms with van der Waals surface area (Å²) in [5.41, 5.74) is 6.70. The van der Waals surface area contributed by atoms with Crippen molar-refractivity contribution in [3.8, 4) is 12.3 Å². The monoisotopic (exact) mass is 236 g/mol. The molecule has 2 nitrogen and oxygen atoms in total. The summed E-state index contributed by atoms with van der Waals surface area (Å²) in [4.78, 5) is 2.63. The highest BCUT2D eigenvalue weighted by atomic mass is 15.2. The van der Waals surface area contributed by atoms with Crippen molar-refractivity contribution in [3.05, 3.63) is 0 Å². The van der Waals surface area contributed by atoms with Gasteiger partial charge in [0.15, 0.2) is 0 Å². The number of unbranched alkanes of at least 4 members (excludes halogenated alkanes) is 1. The second-order valence-electron chi connectivity index (χ2n) is 5.21. The third-order valence-corrected chi connectivity index (χ3v) is 4.49. The van der Waals surface area contributed by atoms with Crippen molar-refractivity contribution in [2.45, 2.75) is 70.4 Å². The molecule has 0 aromatic heterocycles. The van der Waals surface area contributed by atoms with E-state index in [1.165, 1.54) is 25.9 Å². The zero-order chi connectivity index (χ0) is 12.7. The fourth-order valence-corrected chi connectivity index (χ4v) is 3.31. The van der Waals surface area contributed by atoms with Gasteiger partial charge in [0, 0.05) is 18.0 Å². The number of hydrogen-bond donors (Lipinski definition) is 1. The van der Waals surface area contributed by atoms with Crippen LogP contribution in [0.25, 0.3) is 0 Å². The minimum absolute atomic E-state index is 0.213. The summed E-state index contributed by atoms with van der Waals surface area (Å²) in [6, 6.07) is 0.268. The van der Waals surface area contributed by atoms with Crippen molar-refractivity contribution in [2.24, 2.45) is 5.73 Å². The third-order valence-electron chi connectivity index (χ3n) is 4.49. The second-order valence-corrected chi connectivity index (χ2v) is 5.21. The van der Waals surface area contributed by atoms with Crippen LogP contribution >= 0.6 is 0 Å². The molecule has 1 heterocycles. The van der Waals surface area contributed by atoms with Gasteiger partial charge in [-0.25, -0.2) is 0 Å². The van der Waals surface area contributed by atoms with Crippen molar-refractivity contribution >= 4 is 0 Å². The molecule has 1 atom stereocenters. The van der Waals surface area contributed by atoms with Crippen LogP contribution in [-0.2, 0) is 0 Å². The van der Waals surface area contributed by atoms with Gasteiger partial charge in [-0.3, -0.25) is 4.90 Å². The summed E-state index contributed by atoms with van der Waals surface area (Å²) in [5, 5.41) is 0. The Morgan fingerprint density at radius 1 is 1.29 bits per heavy atom. The highest BCUT2D eigenvalue weighted by molar-refractivity contribution is 4.99. The molecule has 0 aromatic rings. The highest BCUT2D eigenvalue weighted by Gasteiger charge is 2.39. The maximum absolute atomic E-state index is 6.48. The van der Waals surface area contributed by atoms with Crippen molar-refractivity contribution in [1.82, 2.24) is 4.90 Å². The van der Waals surface area contributed by atoms with Crippen LogP contribution in [0.15, 0.2) is 0 Å².